The number of likely N-dealkylation sites (tertiary alicyclic amines) is 1. The van der Waals surface area contributed by atoms with Crippen LogP contribution in [0.5, 0.6) is 5.75 Å². The van der Waals surface area contributed by atoms with Gasteiger partial charge < -0.3 is 14.5 Å². The minimum absolute atomic E-state index is 0.0120. The van der Waals surface area contributed by atoms with Gasteiger partial charge in [0.25, 0.3) is 5.91 Å². The lowest BCUT2D eigenvalue weighted by molar-refractivity contribution is -0.118. The van der Waals surface area contributed by atoms with Crippen LogP contribution < -0.4 is 10.1 Å². The van der Waals surface area contributed by atoms with Crippen molar-refractivity contribution in [3.8, 4) is 5.75 Å². The monoisotopic (exact) mass is 424 g/mol. The van der Waals surface area contributed by atoms with Gasteiger partial charge in [-0.2, -0.15) is 0 Å². The molecule has 0 aliphatic carbocycles. The molecule has 2 aliphatic rings. The molecule has 2 aromatic heterocycles. The van der Waals surface area contributed by atoms with Crippen molar-refractivity contribution in [2.75, 3.05) is 25.0 Å². The van der Waals surface area contributed by atoms with Crippen LogP contribution in [0.4, 0.5) is 5.69 Å². The molecule has 7 nitrogen and oxygen atoms in total. The van der Waals surface area contributed by atoms with Crippen LogP contribution in [-0.2, 0) is 11.3 Å². The first kappa shape index (κ1) is 19.1. The van der Waals surface area contributed by atoms with E-state index in [-0.39, 0.29) is 24.2 Å². The predicted octanol–water partition coefficient (Wildman–Crippen LogP) is 3.41. The van der Waals surface area contributed by atoms with Gasteiger partial charge in [-0.1, -0.05) is 11.6 Å². The number of carbonyl (C=O) groups is 2. The number of halogens is 1. The number of pyridine rings is 1. The number of hydrogen-bond donors (Lipinski definition) is 1. The van der Waals surface area contributed by atoms with Crippen LogP contribution in [0, 0.1) is 5.92 Å². The highest BCUT2D eigenvalue weighted by Gasteiger charge is 2.27. The van der Waals surface area contributed by atoms with E-state index in [4.69, 9.17) is 16.3 Å². The summed E-state index contributed by atoms with van der Waals surface area (Å²) in [4.78, 5) is 31.5. The summed E-state index contributed by atoms with van der Waals surface area (Å²) in [7, 11) is 0. The predicted molar refractivity (Wildman–Crippen MR) is 113 cm³/mol. The van der Waals surface area contributed by atoms with E-state index in [9.17, 15) is 9.59 Å². The van der Waals surface area contributed by atoms with E-state index in [1.54, 1.807) is 18.2 Å². The van der Waals surface area contributed by atoms with Crippen LogP contribution in [0.2, 0.25) is 5.02 Å². The molecule has 0 spiro atoms. The van der Waals surface area contributed by atoms with Gasteiger partial charge in [0.05, 0.1) is 16.4 Å². The number of nitrogens with zero attached hydrogens (tertiary/aromatic N) is 3. The summed E-state index contributed by atoms with van der Waals surface area (Å²) in [6.45, 7) is 2.45. The number of ether oxygens (including phenoxy) is 1. The van der Waals surface area contributed by atoms with Gasteiger partial charge in [0, 0.05) is 30.4 Å². The molecule has 0 atom stereocenters. The van der Waals surface area contributed by atoms with E-state index in [1.807, 2.05) is 28.9 Å². The molecule has 0 saturated carbocycles. The fourth-order valence-electron chi connectivity index (χ4n) is 4.15. The van der Waals surface area contributed by atoms with Gasteiger partial charge in [-0.15, -0.1) is 0 Å². The Morgan fingerprint density at radius 2 is 2.03 bits per heavy atom. The van der Waals surface area contributed by atoms with Crippen LogP contribution in [-0.4, -0.2) is 45.7 Å². The van der Waals surface area contributed by atoms with E-state index in [0.717, 1.165) is 43.8 Å². The molecule has 0 radical (unpaired) electrons. The summed E-state index contributed by atoms with van der Waals surface area (Å²) in [6, 6.07) is 9.01. The van der Waals surface area contributed by atoms with E-state index in [2.05, 4.69) is 15.2 Å². The first-order valence-corrected chi connectivity index (χ1v) is 10.4. The lowest BCUT2D eigenvalue weighted by Gasteiger charge is -2.30. The number of benzene rings is 1. The molecular weight excluding hydrogens is 404 g/mol. The number of nitrogens with one attached hydrogen (secondary N) is 1. The maximum Gasteiger partial charge on any atom is 0.262 e. The van der Waals surface area contributed by atoms with Crippen molar-refractivity contribution in [1.29, 1.82) is 0 Å². The van der Waals surface area contributed by atoms with Crippen molar-refractivity contribution in [3.05, 3.63) is 59.0 Å². The number of piperidine rings is 1. The molecule has 1 fully saturated rings. The standard InChI is InChI=1S/C22H21ClN4O3/c23-16-2-4-20-24-17(12-27(20)10-16)11-26-7-5-14(6-8-26)22(29)15-1-3-19-18(9-15)25-21(28)13-30-19/h1-4,9-10,12,14H,5-8,11,13H2,(H,25,28). The molecule has 5 rings (SSSR count). The zero-order valence-corrected chi connectivity index (χ0v) is 17.1. The number of Topliss-reactive ketones (excluding diaryl/α,β-unsaturated/α-hetero) is 1. The van der Waals surface area contributed by atoms with Crippen LogP contribution in [0.25, 0.3) is 5.65 Å². The molecule has 1 amide bonds. The van der Waals surface area contributed by atoms with Crippen LogP contribution in [0.3, 0.4) is 0 Å². The van der Waals surface area contributed by atoms with E-state index < -0.39 is 0 Å². The summed E-state index contributed by atoms with van der Waals surface area (Å²) < 4.78 is 7.31. The number of aromatic nitrogens is 2. The zero-order chi connectivity index (χ0) is 20.7. The Hall–Kier alpha value is -2.90. The second kappa shape index (κ2) is 7.74. The minimum Gasteiger partial charge on any atom is -0.482 e. The van der Waals surface area contributed by atoms with Crippen molar-refractivity contribution in [3.63, 3.8) is 0 Å². The van der Waals surface area contributed by atoms with Crippen molar-refractivity contribution in [2.45, 2.75) is 19.4 Å². The van der Waals surface area contributed by atoms with Gasteiger partial charge in [0.1, 0.15) is 11.4 Å². The second-order valence-electron chi connectivity index (χ2n) is 7.81. The van der Waals surface area contributed by atoms with Crippen molar-refractivity contribution >= 4 is 34.6 Å². The van der Waals surface area contributed by atoms with Crippen molar-refractivity contribution in [1.82, 2.24) is 14.3 Å². The normalized spacial score (nSPS) is 17.4. The topological polar surface area (TPSA) is 75.9 Å². The lowest BCUT2D eigenvalue weighted by Crippen LogP contribution is -2.36. The number of imidazole rings is 1. The summed E-state index contributed by atoms with van der Waals surface area (Å²) in [5, 5.41) is 3.44. The SMILES string of the molecule is O=C1COc2ccc(C(=O)C3CCN(Cc4cn5cc(Cl)ccc5n4)CC3)cc2N1. The van der Waals surface area contributed by atoms with Gasteiger partial charge in [0.15, 0.2) is 12.4 Å². The molecule has 2 aliphatic heterocycles. The number of anilines is 1. The third-order valence-corrected chi connectivity index (χ3v) is 5.93. The number of hydrogen-bond acceptors (Lipinski definition) is 5. The zero-order valence-electron chi connectivity index (χ0n) is 16.3. The van der Waals surface area contributed by atoms with Crippen LogP contribution in [0.15, 0.2) is 42.7 Å². The summed E-state index contributed by atoms with van der Waals surface area (Å²) in [5.74, 6) is 0.517. The number of amides is 1. The molecule has 3 aromatic rings. The minimum atomic E-state index is -0.199. The number of fused-ring (bicyclic) bond motifs is 2. The smallest absolute Gasteiger partial charge is 0.262 e. The largest absolute Gasteiger partial charge is 0.482 e. The molecule has 1 N–H and O–H groups in total. The molecular formula is C22H21ClN4O3. The molecule has 8 heteroatoms. The van der Waals surface area contributed by atoms with E-state index in [0.29, 0.717) is 22.0 Å². The summed E-state index contributed by atoms with van der Waals surface area (Å²) in [6.07, 6.45) is 5.46. The Morgan fingerprint density at radius 3 is 2.87 bits per heavy atom. The molecule has 4 heterocycles. The van der Waals surface area contributed by atoms with Gasteiger partial charge in [-0.25, -0.2) is 4.98 Å². The molecule has 0 unspecified atom stereocenters. The van der Waals surface area contributed by atoms with Crippen LogP contribution >= 0.6 is 11.6 Å². The third kappa shape index (κ3) is 3.78. The number of ketones is 1. The number of rotatable bonds is 4. The van der Waals surface area contributed by atoms with Gasteiger partial charge in [0.2, 0.25) is 0 Å². The Bertz CT molecular complexity index is 1130. The fourth-order valence-corrected chi connectivity index (χ4v) is 4.32. The second-order valence-corrected chi connectivity index (χ2v) is 8.24. The van der Waals surface area contributed by atoms with Crippen molar-refractivity contribution < 1.29 is 14.3 Å². The Morgan fingerprint density at radius 1 is 1.20 bits per heavy atom. The quantitative estimate of drug-likeness (QED) is 0.649. The molecule has 30 heavy (non-hydrogen) atoms. The molecule has 1 saturated heterocycles. The Labute approximate surface area is 178 Å². The molecule has 1 aromatic carbocycles. The average Bonchev–Trinajstić information content (AvgIpc) is 3.14. The molecule has 0 bridgehead atoms. The highest BCUT2D eigenvalue weighted by Crippen LogP contribution is 2.31. The van der Waals surface area contributed by atoms with Crippen molar-refractivity contribution in [2.24, 2.45) is 5.92 Å². The van der Waals surface area contributed by atoms with E-state index in [1.165, 1.54) is 0 Å². The van der Waals surface area contributed by atoms with Gasteiger partial charge in [-0.05, 0) is 56.3 Å². The molecule has 154 valence electrons. The fraction of sp³-hybridized carbons (Fsp3) is 0.318. The van der Waals surface area contributed by atoms with Crippen LogP contribution in [0.1, 0.15) is 28.9 Å². The Balaban J connectivity index is 1.21. The lowest BCUT2D eigenvalue weighted by atomic mass is 9.88. The van der Waals surface area contributed by atoms with Gasteiger partial charge in [-0.3, -0.25) is 14.5 Å². The summed E-state index contributed by atoms with van der Waals surface area (Å²) >= 11 is 6.04. The maximum absolute atomic E-state index is 13.0. The highest BCUT2D eigenvalue weighted by molar-refractivity contribution is 6.30. The average molecular weight is 425 g/mol. The Kier molecular flexibility index (Phi) is 4.92. The van der Waals surface area contributed by atoms with E-state index >= 15 is 0 Å². The first-order chi connectivity index (χ1) is 14.5. The third-order valence-electron chi connectivity index (χ3n) is 5.71. The maximum atomic E-state index is 13.0. The highest BCUT2D eigenvalue weighted by atomic mass is 35.5. The number of carbonyl (C=O) groups excluding carboxylic acids is 2. The first-order valence-electron chi connectivity index (χ1n) is 10.0. The summed E-state index contributed by atoms with van der Waals surface area (Å²) in [5.41, 5.74) is 3.06. The van der Waals surface area contributed by atoms with Gasteiger partial charge >= 0.3 is 0 Å².